The molecule has 0 bridgehead atoms. The molecule has 0 spiro atoms. The lowest BCUT2D eigenvalue weighted by molar-refractivity contribution is -0.0250. The summed E-state index contributed by atoms with van der Waals surface area (Å²) in [5.41, 5.74) is 3.01. The molecule has 0 aliphatic carbocycles. The van der Waals surface area contributed by atoms with Crippen LogP contribution >= 0.6 is 0 Å². The van der Waals surface area contributed by atoms with E-state index < -0.39 is 0 Å². The van der Waals surface area contributed by atoms with E-state index >= 15 is 0 Å². The quantitative estimate of drug-likeness (QED) is 0.854. The average molecular weight is 315 g/mol. The van der Waals surface area contributed by atoms with E-state index in [0.717, 1.165) is 28.2 Å². The maximum absolute atomic E-state index is 12.1. The van der Waals surface area contributed by atoms with Crippen LogP contribution in [-0.2, 0) is 4.74 Å². The minimum atomic E-state index is -0.00495. The van der Waals surface area contributed by atoms with Crippen molar-refractivity contribution in [3.63, 3.8) is 0 Å². The predicted molar refractivity (Wildman–Crippen MR) is 92.6 cm³/mol. The number of pyridine rings is 1. The summed E-state index contributed by atoms with van der Waals surface area (Å²) in [5.74, 6) is 1.58. The third-order valence-electron chi connectivity index (χ3n) is 3.87. The molecule has 0 unspecified atom stereocenters. The summed E-state index contributed by atoms with van der Waals surface area (Å²) >= 11 is 0. The Kier molecular flexibility index (Phi) is 5.61. The summed E-state index contributed by atoms with van der Waals surface area (Å²) in [6, 6.07) is 7.80. The summed E-state index contributed by atoms with van der Waals surface area (Å²) in [7, 11) is 0. The van der Waals surface area contributed by atoms with Gasteiger partial charge in [0.2, 0.25) is 0 Å². The van der Waals surface area contributed by atoms with E-state index in [1.54, 1.807) is 16.8 Å². The Hall–Kier alpha value is -2.07. The highest BCUT2D eigenvalue weighted by Gasteiger charge is 2.22. The van der Waals surface area contributed by atoms with E-state index in [2.05, 4.69) is 0 Å². The molecule has 1 aliphatic heterocycles. The Morgan fingerprint density at radius 2 is 1.70 bits per heavy atom. The number of aryl methyl sites for hydroxylation is 3. The minimum Gasteiger partial charge on any atom is -0.455 e. The molecule has 1 saturated heterocycles. The van der Waals surface area contributed by atoms with Crippen molar-refractivity contribution in [3.8, 4) is 11.5 Å². The number of ether oxygens (including phenoxy) is 2. The first-order valence-corrected chi connectivity index (χ1v) is 8.11. The van der Waals surface area contributed by atoms with E-state index in [4.69, 9.17) is 9.47 Å². The summed E-state index contributed by atoms with van der Waals surface area (Å²) in [6.45, 7) is 11.1. The van der Waals surface area contributed by atoms with E-state index in [1.807, 2.05) is 52.8 Å². The molecule has 0 saturated carbocycles. The minimum absolute atomic E-state index is 0.00495. The molecule has 124 valence electrons. The smallest absolute Gasteiger partial charge is 0.251 e. The van der Waals surface area contributed by atoms with Gasteiger partial charge in [0.15, 0.2) is 0 Å². The van der Waals surface area contributed by atoms with Gasteiger partial charge in [0.1, 0.15) is 11.5 Å². The van der Waals surface area contributed by atoms with Crippen molar-refractivity contribution in [3.05, 3.63) is 57.5 Å². The second-order valence-electron chi connectivity index (χ2n) is 5.58. The van der Waals surface area contributed by atoms with Gasteiger partial charge in [-0.15, -0.1) is 0 Å². The molecule has 1 aliphatic rings. The van der Waals surface area contributed by atoms with Crippen molar-refractivity contribution in [1.82, 2.24) is 4.57 Å². The molecule has 2 aromatic rings. The number of aromatic nitrogens is 1. The molecule has 23 heavy (non-hydrogen) atoms. The standard InChI is InChI=1S/C17H19NO3.C2H6/c1-11-5-4-6-12(2)17(11)21-15-8-18(14-9-20-10-14)16(19)7-13(15)3;1-2/h4-8,14H,9-10H2,1-3H3;1-2H3. The van der Waals surface area contributed by atoms with Gasteiger partial charge in [0.25, 0.3) is 5.56 Å². The van der Waals surface area contributed by atoms with E-state index in [1.165, 1.54) is 0 Å². The largest absolute Gasteiger partial charge is 0.455 e. The zero-order chi connectivity index (χ0) is 17.0. The highest BCUT2D eigenvalue weighted by atomic mass is 16.5. The first-order chi connectivity index (χ1) is 11.1. The second-order valence-corrected chi connectivity index (χ2v) is 5.58. The third-order valence-corrected chi connectivity index (χ3v) is 3.87. The van der Waals surface area contributed by atoms with Crippen LogP contribution < -0.4 is 10.3 Å². The fourth-order valence-electron chi connectivity index (χ4n) is 2.47. The topological polar surface area (TPSA) is 40.5 Å². The normalized spacial score (nSPS) is 13.8. The zero-order valence-corrected chi connectivity index (χ0v) is 14.6. The Morgan fingerprint density at radius 1 is 1.09 bits per heavy atom. The van der Waals surface area contributed by atoms with Gasteiger partial charge in [0, 0.05) is 6.07 Å². The van der Waals surface area contributed by atoms with Gasteiger partial charge >= 0.3 is 0 Å². The monoisotopic (exact) mass is 315 g/mol. The highest BCUT2D eigenvalue weighted by Crippen LogP contribution is 2.30. The molecule has 0 N–H and O–H groups in total. The van der Waals surface area contributed by atoms with E-state index in [0.29, 0.717) is 13.2 Å². The molecular weight excluding hydrogens is 290 g/mol. The number of hydrogen-bond acceptors (Lipinski definition) is 3. The van der Waals surface area contributed by atoms with Gasteiger partial charge in [-0.2, -0.15) is 0 Å². The van der Waals surface area contributed by atoms with Gasteiger partial charge < -0.3 is 14.0 Å². The van der Waals surface area contributed by atoms with E-state index in [9.17, 15) is 4.79 Å². The van der Waals surface area contributed by atoms with Crippen LogP contribution in [0.5, 0.6) is 11.5 Å². The highest BCUT2D eigenvalue weighted by molar-refractivity contribution is 5.44. The fourth-order valence-corrected chi connectivity index (χ4v) is 2.47. The lowest BCUT2D eigenvalue weighted by atomic mass is 10.1. The van der Waals surface area contributed by atoms with Crippen molar-refractivity contribution < 1.29 is 9.47 Å². The van der Waals surface area contributed by atoms with Crippen molar-refractivity contribution in [2.75, 3.05) is 13.2 Å². The van der Waals surface area contributed by atoms with Gasteiger partial charge in [-0.05, 0) is 37.5 Å². The van der Waals surface area contributed by atoms with Crippen molar-refractivity contribution in [2.24, 2.45) is 0 Å². The molecule has 4 heteroatoms. The fraction of sp³-hybridized carbons (Fsp3) is 0.421. The maximum Gasteiger partial charge on any atom is 0.251 e. The van der Waals surface area contributed by atoms with Crippen molar-refractivity contribution in [1.29, 1.82) is 0 Å². The third kappa shape index (κ3) is 3.64. The number of nitrogens with zero attached hydrogens (tertiary/aromatic N) is 1. The van der Waals surface area contributed by atoms with Gasteiger partial charge in [-0.25, -0.2) is 0 Å². The summed E-state index contributed by atoms with van der Waals surface area (Å²) < 4.78 is 13.0. The lowest BCUT2D eigenvalue weighted by Crippen LogP contribution is -2.37. The number of hydrogen-bond donors (Lipinski definition) is 0. The molecule has 1 aromatic heterocycles. The van der Waals surface area contributed by atoms with Gasteiger partial charge in [0.05, 0.1) is 25.5 Å². The first-order valence-electron chi connectivity index (χ1n) is 8.11. The Labute approximate surface area is 137 Å². The van der Waals surface area contributed by atoms with Crippen molar-refractivity contribution >= 4 is 0 Å². The molecule has 0 atom stereocenters. The molecule has 2 heterocycles. The Morgan fingerprint density at radius 3 is 2.22 bits per heavy atom. The van der Waals surface area contributed by atoms with Gasteiger partial charge in [-0.1, -0.05) is 32.0 Å². The molecule has 0 amide bonds. The predicted octanol–water partition coefficient (Wildman–Crippen LogP) is 4.16. The molecule has 1 aromatic carbocycles. The van der Waals surface area contributed by atoms with Crippen LogP contribution in [0.1, 0.15) is 36.6 Å². The van der Waals surface area contributed by atoms with Crippen LogP contribution in [0.25, 0.3) is 0 Å². The van der Waals surface area contributed by atoms with E-state index in [-0.39, 0.29) is 11.6 Å². The van der Waals surface area contributed by atoms with Crippen LogP contribution in [0.2, 0.25) is 0 Å². The Balaban J connectivity index is 0.000000924. The number of para-hydroxylation sites is 1. The molecule has 3 rings (SSSR count). The number of rotatable bonds is 3. The van der Waals surface area contributed by atoms with Crippen LogP contribution in [0.15, 0.2) is 35.3 Å². The molecular formula is C19H25NO3. The lowest BCUT2D eigenvalue weighted by Gasteiger charge is -2.28. The first kappa shape index (κ1) is 17.3. The summed E-state index contributed by atoms with van der Waals surface area (Å²) in [5, 5.41) is 0. The van der Waals surface area contributed by atoms with Crippen LogP contribution in [-0.4, -0.2) is 17.8 Å². The van der Waals surface area contributed by atoms with Gasteiger partial charge in [-0.3, -0.25) is 4.79 Å². The maximum atomic E-state index is 12.1. The number of benzene rings is 1. The Bertz CT molecular complexity index is 710. The van der Waals surface area contributed by atoms with Crippen molar-refractivity contribution in [2.45, 2.75) is 40.7 Å². The molecule has 1 fully saturated rings. The second kappa shape index (κ2) is 7.47. The van der Waals surface area contributed by atoms with Crippen LogP contribution in [0.4, 0.5) is 0 Å². The molecule has 4 nitrogen and oxygen atoms in total. The summed E-state index contributed by atoms with van der Waals surface area (Å²) in [4.78, 5) is 12.1. The average Bonchev–Trinajstić information content (AvgIpc) is 2.47. The molecule has 0 radical (unpaired) electrons. The van der Waals surface area contributed by atoms with Crippen LogP contribution in [0.3, 0.4) is 0 Å². The SMILES string of the molecule is CC.Cc1cc(=O)n(C2COC2)cc1Oc1c(C)cccc1C. The van der Waals surface area contributed by atoms with Crippen LogP contribution in [0, 0.1) is 20.8 Å². The zero-order valence-electron chi connectivity index (χ0n) is 14.6. The summed E-state index contributed by atoms with van der Waals surface area (Å²) in [6.07, 6.45) is 1.80.